The lowest BCUT2D eigenvalue weighted by Gasteiger charge is -1.98. The number of hydrogen-bond acceptors (Lipinski definition) is 6. The summed E-state index contributed by atoms with van der Waals surface area (Å²) < 4.78 is 0. The van der Waals surface area contributed by atoms with Crippen LogP contribution >= 0.6 is 11.3 Å². The number of nitrogens with two attached hydrogens (primary N) is 1. The minimum Gasteiger partial charge on any atom is -0.395 e. The third kappa shape index (κ3) is 3.98. The molecule has 0 aromatic carbocycles. The topological polar surface area (TPSA) is 77.6 Å². The second kappa shape index (κ2) is 6.95. The summed E-state index contributed by atoms with van der Waals surface area (Å²) in [5.74, 6) is 0. The molecule has 0 saturated heterocycles. The van der Waals surface area contributed by atoms with Crippen LogP contribution in [0.1, 0.15) is 31.9 Å². The number of unbranched alkanes of at least 4 members (excludes halogenated alkanes) is 2. The Morgan fingerprint density at radius 1 is 1.69 bits per heavy atom. The van der Waals surface area contributed by atoms with Gasteiger partial charge in [0.1, 0.15) is 12.3 Å². The van der Waals surface area contributed by atoms with Crippen LogP contribution in [0.5, 0.6) is 0 Å². The summed E-state index contributed by atoms with van der Waals surface area (Å²) in [4.78, 5) is 19.7. The van der Waals surface area contributed by atoms with Gasteiger partial charge in [0.15, 0.2) is 17.1 Å². The molecule has 0 bridgehead atoms. The molecule has 6 heteroatoms. The first-order valence-electron chi connectivity index (χ1n) is 5.14. The summed E-state index contributed by atoms with van der Waals surface area (Å²) in [5.41, 5.74) is 6.11. The van der Waals surface area contributed by atoms with Crippen LogP contribution in [-0.4, -0.2) is 23.6 Å². The van der Waals surface area contributed by atoms with Gasteiger partial charge in [0, 0.05) is 5.38 Å². The van der Waals surface area contributed by atoms with Crippen molar-refractivity contribution < 1.29 is 9.63 Å². The fourth-order valence-corrected chi connectivity index (χ4v) is 1.62. The van der Waals surface area contributed by atoms with Gasteiger partial charge in [-0.1, -0.05) is 24.9 Å². The molecular formula is C10H15N3O2S. The Kier molecular flexibility index (Phi) is 5.49. The molecule has 0 aliphatic carbocycles. The van der Waals surface area contributed by atoms with Crippen molar-refractivity contribution in [3.8, 4) is 0 Å². The molecule has 1 aromatic heterocycles. The third-order valence-electron chi connectivity index (χ3n) is 1.90. The van der Waals surface area contributed by atoms with E-state index < -0.39 is 0 Å². The van der Waals surface area contributed by atoms with E-state index in [4.69, 9.17) is 10.6 Å². The second-order valence-corrected chi connectivity index (χ2v) is 4.10. The number of nitrogen functional groups attached to an aromatic ring is 1. The molecule has 1 aromatic rings. The van der Waals surface area contributed by atoms with Gasteiger partial charge in [0.2, 0.25) is 0 Å². The maximum atomic E-state index is 10.7. The smallest absolute Gasteiger partial charge is 0.180 e. The number of nitrogens with zero attached hydrogens (tertiary/aromatic N) is 2. The largest absolute Gasteiger partial charge is 0.395 e. The average molecular weight is 241 g/mol. The Morgan fingerprint density at radius 3 is 3.06 bits per heavy atom. The molecule has 0 aliphatic heterocycles. The van der Waals surface area contributed by atoms with E-state index in [-0.39, 0.29) is 5.71 Å². The molecule has 0 amide bonds. The summed E-state index contributed by atoms with van der Waals surface area (Å²) in [6.45, 7) is 2.63. The van der Waals surface area contributed by atoms with Gasteiger partial charge in [-0.3, -0.25) is 4.79 Å². The van der Waals surface area contributed by atoms with E-state index in [0.717, 1.165) is 19.3 Å². The van der Waals surface area contributed by atoms with E-state index in [0.29, 0.717) is 23.7 Å². The number of aldehydes is 1. The van der Waals surface area contributed by atoms with E-state index in [1.165, 1.54) is 11.3 Å². The number of carbonyl (C=O) groups is 1. The van der Waals surface area contributed by atoms with Gasteiger partial charge in [-0.15, -0.1) is 11.3 Å². The standard InChI is InChI=1S/C10H15N3O2S/c1-2-3-4-5-15-13-8(6-14)9-7-16-10(11)12-9/h6-7H,2-5H2,1H3,(H2,11,12)/b13-8+. The number of rotatable bonds is 7. The van der Waals surface area contributed by atoms with Crippen molar-refractivity contribution in [3.63, 3.8) is 0 Å². The van der Waals surface area contributed by atoms with E-state index >= 15 is 0 Å². The first-order chi connectivity index (χ1) is 7.77. The zero-order valence-electron chi connectivity index (χ0n) is 9.18. The van der Waals surface area contributed by atoms with Gasteiger partial charge in [0.25, 0.3) is 0 Å². The number of hydrogen-bond donors (Lipinski definition) is 1. The number of carbonyl (C=O) groups excluding carboxylic acids is 1. The molecule has 1 heterocycles. The molecule has 5 nitrogen and oxygen atoms in total. The van der Waals surface area contributed by atoms with Crippen molar-refractivity contribution in [1.29, 1.82) is 0 Å². The monoisotopic (exact) mass is 241 g/mol. The quantitative estimate of drug-likeness (QED) is 0.342. The number of oxime groups is 1. The lowest BCUT2D eigenvalue weighted by atomic mass is 10.3. The average Bonchev–Trinajstić information content (AvgIpc) is 2.70. The zero-order valence-corrected chi connectivity index (χ0v) is 10.00. The van der Waals surface area contributed by atoms with E-state index in [9.17, 15) is 4.79 Å². The van der Waals surface area contributed by atoms with Crippen LogP contribution < -0.4 is 5.73 Å². The molecule has 0 fully saturated rings. The molecular weight excluding hydrogens is 226 g/mol. The highest BCUT2D eigenvalue weighted by molar-refractivity contribution is 7.13. The van der Waals surface area contributed by atoms with Crippen molar-refractivity contribution in [3.05, 3.63) is 11.1 Å². The van der Waals surface area contributed by atoms with Crippen molar-refractivity contribution in [2.24, 2.45) is 5.16 Å². The maximum absolute atomic E-state index is 10.7. The highest BCUT2D eigenvalue weighted by Crippen LogP contribution is 2.11. The minimum absolute atomic E-state index is 0.185. The Hall–Kier alpha value is -1.43. The predicted octanol–water partition coefficient (Wildman–Crippen LogP) is 1.84. The second-order valence-electron chi connectivity index (χ2n) is 3.21. The molecule has 0 atom stereocenters. The Labute approximate surface area is 98.3 Å². The lowest BCUT2D eigenvalue weighted by molar-refractivity contribution is -0.102. The fourth-order valence-electron chi connectivity index (χ4n) is 1.07. The predicted molar refractivity (Wildman–Crippen MR) is 64.6 cm³/mol. The highest BCUT2D eigenvalue weighted by Gasteiger charge is 2.07. The fraction of sp³-hybridized carbons (Fsp3) is 0.500. The summed E-state index contributed by atoms with van der Waals surface area (Å²) >= 11 is 1.27. The minimum atomic E-state index is 0.185. The summed E-state index contributed by atoms with van der Waals surface area (Å²) in [7, 11) is 0. The van der Waals surface area contributed by atoms with Crippen LogP contribution in [0.2, 0.25) is 0 Å². The van der Waals surface area contributed by atoms with Crippen molar-refractivity contribution in [2.45, 2.75) is 26.2 Å². The summed E-state index contributed by atoms with van der Waals surface area (Å²) in [6, 6.07) is 0. The first-order valence-corrected chi connectivity index (χ1v) is 6.02. The maximum Gasteiger partial charge on any atom is 0.180 e. The van der Waals surface area contributed by atoms with Crippen LogP contribution in [0.4, 0.5) is 5.13 Å². The van der Waals surface area contributed by atoms with Crippen LogP contribution in [-0.2, 0) is 9.63 Å². The Morgan fingerprint density at radius 2 is 2.50 bits per heavy atom. The van der Waals surface area contributed by atoms with Crippen LogP contribution in [0.3, 0.4) is 0 Å². The molecule has 0 spiro atoms. The van der Waals surface area contributed by atoms with Gasteiger partial charge in [-0.05, 0) is 6.42 Å². The van der Waals surface area contributed by atoms with E-state index in [2.05, 4.69) is 17.1 Å². The molecule has 0 saturated carbocycles. The molecule has 88 valence electrons. The first kappa shape index (κ1) is 12.6. The number of thiazole rings is 1. The van der Waals surface area contributed by atoms with Crippen LogP contribution in [0.15, 0.2) is 10.5 Å². The molecule has 1 rings (SSSR count). The van der Waals surface area contributed by atoms with Gasteiger partial charge >= 0.3 is 0 Å². The van der Waals surface area contributed by atoms with Gasteiger partial charge in [-0.25, -0.2) is 4.98 Å². The summed E-state index contributed by atoms with van der Waals surface area (Å²) in [6.07, 6.45) is 3.77. The summed E-state index contributed by atoms with van der Waals surface area (Å²) in [5, 5.41) is 5.83. The Balaban J connectivity index is 2.47. The molecule has 0 aliphatic rings. The number of aromatic nitrogens is 1. The number of anilines is 1. The van der Waals surface area contributed by atoms with Gasteiger partial charge < -0.3 is 10.6 Å². The van der Waals surface area contributed by atoms with Gasteiger partial charge in [0.05, 0.1) is 0 Å². The van der Waals surface area contributed by atoms with Crippen LogP contribution in [0.25, 0.3) is 0 Å². The van der Waals surface area contributed by atoms with E-state index in [1.54, 1.807) is 5.38 Å². The van der Waals surface area contributed by atoms with Crippen molar-refractivity contribution in [1.82, 2.24) is 4.98 Å². The molecule has 16 heavy (non-hydrogen) atoms. The molecule has 2 N–H and O–H groups in total. The third-order valence-corrected chi connectivity index (χ3v) is 2.57. The zero-order chi connectivity index (χ0) is 11.8. The van der Waals surface area contributed by atoms with Gasteiger partial charge in [-0.2, -0.15) is 0 Å². The normalized spacial score (nSPS) is 11.4. The SMILES string of the molecule is CCCCCO/N=C(\C=O)c1csc(N)n1. The lowest BCUT2D eigenvalue weighted by Crippen LogP contribution is -2.04. The Bertz CT molecular complexity index is 363. The van der Waals surface area contributed by atoms with Crippen LogP contribution in [0, 0.1) is 0 Å². The molecule has 0 radical (unpaired) electrons. The van der Waals surface area contributed by atoms with Crippen molar-refractivity contribution >= 4 is 28.5 Å². The van der Waals surface area contributed by atoms with E-state index in [1.807, 2.05) is 0 Å². The van der Waals surface area contributed by atoms with Crippen molar-refractivity contribution in [2.75, 3.05) is 12.3 Å². The highest BCUT2D eigenvalue weighted by atomic mass is 32.1. The molecule has 0 unspecified atom stereocenters.